The van der Waals surface area contributed by atoms with Crippen LogP contribution in [0, 0.1) is 11.8 Å². The fraction of sp³-hybridized carbons (Fsp3) is 0.394. The van der Waals surface area contributed by atoms with Crippen molar-refractivity contribution in [1.29, 1.82) is 0 Å². The number of hydrogen-bond donors (Lipinski definition) is 3. The Kier molecular flexibility index (Phi) is 9.62. The number of carbonyl (C=O) groups is 2. The van der Waals surface area contributed by atoms with E-state index in [2.05, 4.69) is 30.8 Å². The summed E-state index contributed by atoms with van der Waals surface area (Å²) in [6.45, 7) is 8.36. The molecule has 0 bridgehead atoms. The summed E-state index contributed by atoms with van der Waals surface area (Å²) >= 11 is 5.82. The number of rotatable bonds is 12. The number of halogens is 1. The third-order valence-corrected chi connectivity index (χ3v) is 9.78. The van der Waals surface area contributed by atoms with Crippen LogP contribution in [0.1, 0.15) is 31.9 Å². The number of likely N-dealkylation sites (tertiary alicyclic amines) is 1. The predicted molar refractivity (Wildman–Crippen MR) is 170 cm³/mol. The van der Waals surface area contributed by atoms with E-state index in [9.17, 15) is 23.1 Å². The van der Waals surface area contributed by atoms with Gasteiger partial charge >= 0.3 is 12.0 Å². The summed E-state index contributed by atoms with van der Waals surface area (Å²) in [5.41, 5.74) is 1.96. The molecular weight excluding hydrogens is 618 g/mol. The lowest BCUT2D eigenvalue weighted by molar-refractivity contribution is -0.145. The zero-order chi connectivity index (χ0) is 32.4. The van der Waals surface area contributed by atoms with Gasteiger partial charge in [-0.05, 0) is 76.9 Å². The molecule has 0 radical (unpaired) electrons. The normalized spacial score (nSPS) is 19.8. The van der Waals surface area contributed by atoms with Gasteiger partial charge in [0.15, 0.2) is 6.10 Å². The molecule has 240 valence electrons. The standard InChI is InChI=1S/C33H38ClN3O7S/c1-33(2,3)22-6-12-25(13-7-22)44-29(31(38)39)18-21-4-10-24(11-5-21)43-17-16-35-30-27-19-37(20-28(27)30)32(40)36-45(41,42)26-14-8-23(34)9-15-26/h4-15,27-30,35H,16-20H2,1-3H3,(H,36,40)(H,38,39)/t27-,28+,29-,30?/m0/s1. The Bertz CT molecular complexity index is 1600. The van der Waals surface area contributed by atoms with Crippen molar-refractivity contribution in [2.75, 3.05) is 26.2 Å². The van der Waals surface area contributed by atoms with E-state index >= 15 is 0 Å². The van der Waals surface area contributed by atoms with Crippen LogP contribution >= 0.6 is 11.6 Å². The monoisotopic (exact) mass is 655 g/mol. The molecule has 1 saturated heterocycles. The Morgan fingerprint density at radius 1 is 0.956 bits per heavy atom. The first-order chi connectivity index (χ1) is 21.3. The average Bonchev–Trinajstić information content (AvgIpc) is 3.42. The van der Waals surface area contributed by atoms with Crippen molar-refractivity contribution in [3.05, 3.63) is 88.9 Å². The number of nitrogens with zero attached hydrogens (tertiary/aromatic N) is 1. The maximum atomic E-state index is 12.6. The number of piperidine rings is 1. The summed E-state index contributed by atoms with van der Waals surface area (Å²) in [5, 5.41) is 13.6. The van der Waals surface area contributed by atoms with E-state index in [0.29, 0.717) is 42.8 Å². The number of fused-ring (bicyclic) bond motifs is 1. The van der Waals surface area contributed by atoms with Gasteiger partial charge in [0.1, 0.15) is 18.1 Å². The highest BCUT2D eigenvalue weighted by atomic mass is 35.5. The van der Waals surface area contributed by atoms with Crippen LogP contribution in [0.4, 0.5) is 4.79 Å². The van der Waals surface area contributed by atoms with Crippen molar-refractivity contribution in [3.8, 4) is 11.5 Å². The Morgan fingerprint density at radius 3 is 2.13 bits per heavy atom. The molecule has 2 amide bonds. The lowest BCUT2D eigenvalue weighted by Gasteiger charge is -2.21. The van der Waals surface area contributed by atoms with E-state index in [0.717, 1.165) is 11.1 Å². The molecule has 5 rings (SSSR count). The number of ether oxygens (including phenoxy) is 2. The van der Waals surface area contributed by atoms with Crippen LogP contribution in [0.3, 0.4) is 0 Å². The van der Waals surface area contributed by atoms with Gasteiger partial charge in [-0.25, -0.2) is 22.7 Å². The minimum atomic E-state index is -3.97. The zero-order valence-corrected chi connectivity index (χ0v) is 27.0. The van der Waals surface area contributed by atoms with Gasteiger partial charge in [-0.15, -0.1) is 0 Å². The molecule has 45 heavy (non-hydrogen) atoms. The van der Waals surface area contributed by atoms with Crippen LogP contribution < -0.4 is 19.5 Å². The zero-order valence-electron chi connectivity index (χ0n) is 25.4. The van der Waals surface area contributed by atoms with E-state index in [1.54, 1.807) is 12.1 Å². The SMILES string of the molecule is CC(C)(C)c1ccc(O[C@@H](Cc2ccc(OCCNC3[C@H]4CN(C(=O)NS(=O)(=O)c5ccc(Cl)cc5)C[C@@H]34)cc2)C(=O)O)cc1. The number of urea groups is 1. The van der Waals surface area contributed by atoms with Crippen LogP contribution in [-0.2, 0) is 26.7 Å². The Labute approximate surface area is 268 Å². The van der Waals surface area contributed by atoms with Crippen molar-refractivity contribution < 1.29 is 32.6 Å². The van der Waals surface area contributed by atoms with Crippen molar-refractivity contribution in [1.82, 2.24) is 14.9 Å². The highest BCUT2D eigenvalue weighted by Gasteiger charge is 2.56. The molecule has 1 heterocycles. The molecule has 0 aromatic heterocycles. The number of nitrogens with one attached hydrogen (secondary N) is 2. The number of amides is 2. The molecule has 3 aromatic carbocycles. The van der Waals surface area contributed by atoms with Crippen LogP contribution in [0.15, 0.2) is 77.7 Å². The lowest BCUT2D eigenvalue weighted by atomic mass is 9.87. The van der Waals surface area contributed by atoms with Crippen molar-refractivity contribution in [2.24, 2.45) is 11.8 Å². The molecule has 12 heteroatoms. The van der Waals surface area contributed by atoms with Crippen molar-refractivity contribution >= 4 is 33.6 Å². The molecule has 1 aliphatic carbocycles. The predicted octanol–water partition coefficient (Wildman–Crippen LogP) is 4.71. The minimum absolute atomic E-state index is 0.00238. The molecule has 1 saturated carbocycles. The fourth-order valence-corrected chi connectivity index (χ4v) is 6.65. The smallest absolute Gasteiger partial charge is 0.345 e. The van der Waals surface area contributed by atoms with Gasteiger partial charge in [0, 0.05) is 37.1 Å². The molecule has 0 spiro atoms. The summed E-state index contributed by atoms with van der Waals surface area (Å²) in [4.78, 5) is 25.9. The van der Waals surface area contributed by atoms with E-state index < -0.39 is 28.1 Å². The third-order valence-electron chi connectivity index (χ3n) is 8.20. The number of carbonyl (C=O) groups excluding carboxylic acids is 1. The second-order valence-electron chi connectivity index (χ2n) is 12.5. The largest absolute Gasteiger partial charge is 0.492 e. The number of carboxylic acid groups (broad SMARTS) is 1. The molecule has 3 aromatic rings. The molecule has 1 unspecified atom stereocenters. The number of hydrogen-bond acceptors (Lipinski definition) is 7. The van der Waals surface area contributed by atoms with Crippen LogP contribution in [0.25, 0.3) is 0 Å². The topological polar surface area (TPSA) is 134 Å². The van der Waals surface area contributed by atoms with Crippen LogP contribution in [0.2, 0.25) is 5.02 Å². The average molecular weight is 656 g/mol. The Balaban J connectivity index is 1.01. The molecular formula is C33H38ClN3O7S. The summed E-state index contributed by atoms with van der Waals surface area (Å²) in [7, 11) is -3.97. The molecule has 2 fully saturated rings. The molecule has 10 nitrogen and oxygen atoms in total. The third kappa shape index (κ3) is 8.27. The maximum absolute atomic E-state index is 12.6. The minimum Gasteiger partial charge on any atom is -0.492 e. The molecule has 2 aliphatic rings. The molecule has 4 atom stereocenters. The lowest BCUT2D eigenvalue weighted by Crippen LogP contribution is -2.44. The van der Waals surface area contributed by atoms with Gasteiger partial charge in [0.25, 0.3) is 10.0 Å². The van der Waals surface area contributed by atoms with Gasteiger partial charge in [-0.2, -0.15) is 0 Å². The summed E-state index contributed by atoms with van der Waals surface area (Å²) in [5.74, 6) is 0.702. The van der Waals surface area contributed by atoms with Gasteiger partial charge in [0.05, 0.1) is 4.90 Å². The fourth-order valence-electron chi connectivity index (χ4n) is 5.55. The first-order valence-electron chi connectivity index (χ1n) is 14.8. The first kappa shape index (κ1) is 32.6. The Hall–Kier alpha value is -3.80. The van der Waals surface area contributed by atoms with Gasteiger partial charge in [-0.1, -0.05) is 56.6 Å². The number of carboxylic acids is 1. The van der Waals surface area contributed by atoms with Gasteiger partial charge in [0.2, 0.25) is 0 Å². The second kappa shape index (κ2) is 13.3. The second-order valence-corrected chi connectivity index (χ2v) is 14.6. The van der Waals surface area contributed by atoms with Crippen molar-refractivity contribution in [3.63, 3.8) is 0 Å². The maximum Gasteiger partial charge on any atom is 0.345 e. The summed E-state index contributed by atoms with van der Waals surface area (Å²) < 4.78 is 38.8. The van der Waals surface area contributed by atoms with E-state index in [4.69, 9.17) is 21.1 Å². The Morgan fingerprint density at radius 2 is 1.56 bits per heavy atom. The number of sulfonamides is 1. The van der Waals surface area contributed by atoms with Crippen LogP contribution in [0.5, 0.6) is 11.5 Å². The number of aliphatic carboxylic acids is 1. The van der Waals surface area contributed by atoms with Crippen molar-refractivity contribution in [2.45, 2.75) is 49.6 Å². The first-order valence-corrected chi connectivity index (χ1v) is 16.7. The number of benzene rings is 3. The van der Waals surface area contributed by atoms with Gasteiger partial charge in [-0.3, -0.25) is 0 Å². The quantitative estimate of drug-likeness (QED) is 0.239. The molecule has 3 N–H and O–H groups in total. The van der Waals surface area contributed by atoms with E-state index in [-0.39, 0.29) is 34.6 Å². The summed E-state index contributed by atoms with van der Waals surface area (Å²) in [6, 6.07) is 20.1. The van der Waals surface area contributed by atoms with Crippen LogP contribution in [-0.4, -0.2) is 68.8 Å². The summed E-state index contributed by atoms with van der Waals surface area (Å²) in [6.07, 6.45) is -0.806. The van der Waals surface area contributed by atoms with Gasteiger partial charge < -0.3 is 24.8 Å². The van der Waals surface area contributed by atoms with E-state index in [1.165, 1.54) is 29.2 Å². The molecule has 1 aliphatic heterocycles. The highest BCUT2D eigenvalue weighted by molar-refractivity contribution is 7.90. The highest BCUT2D eigenvalue weighted by Crippen LogP contribution is 2.45. The van der Waals surface area contributed by atoms with E-state index in [1.807, 2.05) is 36.4 Å².